The van der Waals surface area contributed by atoms with E-state index in [1.165, 1.54) is 11.1 Å². The molecule has 2 aromatic rings. The van der Waals surface area contributed by atoms with Gasteiger partial charge in [-0.3, -0.25) is 0 Å². The van der Waals surface area contributed by atoms with Crippen molar-refractivity contribution in [2.45, 2.75) is 33.4 Å². The minimum absolute atomic E-state index is 0.237. The summed E-state index contributed by atoms with van der Waals surface area (Å²) in [6.45, 7) is 9.17. The molecule has 2 N–H and O–H groups in total. The van der Waals surface area contributed by atoms with E-state index >= 15 is 0 Å². The van der Waals surface area contributed by atoms with Crippen molar-refractivity contribution in [3.8, 4) is 11.5 Å². The molecule has 0 spiro atoms. The van der Waals surface area contributed by atoms with E-state index in [4.69, 9.17) is 9.47 Å². The maximum atomic E-state index is 5.44. The fourth-order valence-electron chi connectivity index (χ4n) is 3.44. The fourth-order valence-corrected chi connectivity index (χ4v) is 3.44. The second-order valence-electron chi connectivity index (χ2n) is 6.79. The molecule has 2 heterocycles. The molecule has 3 rings (SSSR count). The minimum atomic E-state index is 0.237. The normalized spacial score (nSPS) is 17.6. The molecule has 136 valence electrons. The summed E-state index contributed by atoms with van der Waals surface area (Å²) in [6.07, 6.45) is 0. The Balaban J connectivity index is 1.64. The summed E-state index contributed by atoms with van der Waals surface area (Å²) in [4.78, 5) is 0. The lowest BCUT2D eigenvalue weighted by molar-refractivity contribution is 0.352. The molecule has 1 aliphatic heterocycles. The van der Waals surface area contributed by atoms with Crippen molar-refractivity contribution >= 4 is 5.82 Å². The molecule has 0 saturated heterocycles. The van der Waals surface area contributed by atoms with Crippen molar-refractivity contribution in [3.63, 3.8) is 0 Å². The minimum Gasteiger partial charge on any atom is -0.493 e. The van der Waals surface area contributed by atoms with Crippen LogP contribution < -0.4 is 20.1 Å². The Labute approximate surface area is 149 Å². The van der Waals surface area contributed by atoms with E-state index in [-0.39, 0.29) is 6.04 Å². The van der Waals surface area contributed by atoms with Gasteiger partial charge in [0, 0.05) is 37.7 Å². The lowest BCUT2D eigenvalue weighted by atomic mass is 10.0. The number of ether oxygens (including phenoxy) is 2. The zero-order chi connectivity index (χ0) is 18.0. The third kappa shape index (κ3) is 3.74. The Hall–Kier alpha value is -2.21. The lowest BCUT2D eigenvalue weighted by Crippen LogP contribution is -2.36. The zero-order valence-electron chi connectivity index (χ0n) is 15.7. The van der Waals surface area contributed by atoms with Gasteiger partial charge in [-0.25, -0.2) is 4.68 Å². The first-order valence-corrected chi connectivity index (χ1v) is 8.76. The van der Waals surface area contributed by atoms with Crippen LogP contribution in [0.2, 0.25) is 0 Å². The van der Waals surface area contributed by atoms with Crippen molar-refractivity contribution in [1.82, 2.24) is 15.1 Å². The number of rotatable bonds is 6. The van der Waals surface area contributed by atoms with Crippen LogP contribution in [0.5, 0.6) is 11.5 Å². The van der Waals surface area contributed by atoms with Crippen LogP contribution in [-0.2, 0) is 6.54 Å². The van der Waals surface area contributed by atoms with Gasteiger partial charge in [-0.15, -0.1) is 0 Å². The monoisotopic (exact) mass is 344 g/mol. The van der Waals surface area contributed by atoms with E-state index < -0.39 is 0 Å². The summed E-state index contributed by atoms with van der Waals surface area (Å²) in [7, 11) is 3.34. The Morgan fingerprint density at radius 2 is 1.96 bits per heavy atom. The largest absolute Gasteiger partial charge is 0.493 e. The molecule has 0 fully saturated rings. The summed E-state index contributed by atoms with van der Waals surface area (Å²) in [5, 5.41) is 11.7. The number of aromatic nitrogens is 2. The van der Waals surface area contributed by atoms with E-state index in [2.05, 4.69) is 46.4 Å². The Morgan fingerprint density at radius 3 is 2.68 bits per heavy atom. The molecule has 6 nitrogen and oxygen atoms in total. The predicted octanol–water partition coefficient (Wildman–Crippen LogP) is 2.91. The molecule has 2 atom stereocenters. The highest BCUT2D eigenvalue weighted by molar-refractivity contribution is 5.48. The van der Waals surface area contributed by atoms with Crippen LogP contribution in [0.15, 0.2) is 18.2 Å². The predicted molar refractivity (Wildman–Crippen MR) is 99.6 cm³/mol. The van der Waals surface area contributed by atoms with Crippen molar-refractivity contribution < 1.29 is 9.47 Å². The van der Waals surface area contributed by atoms with Gasteiger partial charge in [0.15, 0.2) is 11.5 Å². The van der Waals surface area contributed by atoms with Gasteiger partial charge in [-0.1, -0.05) is 0 Å². The standard InChI is InChI=1S/C19H28N4O2/c1-12-6-17(24-4)18(25-5)8-16(12)14(3)20-9-15-10-21-19-7-13(2)22-23(19)11-15/h6-8,14-15,20-21H,9-11H2,1-5H3/t14-,15+/m0/s1. The summed E-state index contributed by atoms with van der Waals surface area (Å²) in [5.41, 5.74) is 3.49. The SMILES string of the molecule is COc1cc(C)c([C@H](C)NC[C@@H]2CNc3cc(C)nn3C2)cc1OC. The molecule has 0 saturated carbocycles. The molecule has 6 heteroatoms. The lowest BCUT2D eigenvalue weighted by Gasteiger charge is -2.27. The maximum Gasteiger partial charge on any atom is 0.161 e. The van der Waals surface area contributed by atoms with E-state index in [1.54, 1.807) is 14.2 Å². The summed E-state index contributed by atoms with van der Waals surface area (Å²) in [6, 6.07) is 6.44. The van der Waals surface area contributed by atoms with E-state index in [0.717, 1.165) is 42.6 Å². The van der Waals surface area contributed by atoms with Crippen molar-refractivity contribution in [2.24, 2.45) is 5.92 Å². The maximum absolute atomic E-state index is 5.44. The molecule has 0 radical (unpaired) electrons. The summed E-state index contributed by atoms with van der Waals surface area (Å²) >= 11 is 0. The van der Waals surface area contributed by atoms with Crippen LogP contribution in [0.3, 0.4) is 0 Å². The molecule has 0 unspecified atom stereocenters. The van der Waals surface area contributed by atoms with E-state index in [9.17, 15) is 0 Å². The zero-order valence-corrected chi connectivity index (χ0v) is 15.7. The summed E-state index contributed by atoms with van der Waals surface area (Å²) < 4.78 is 12.9. The number of hydrogen-bond acceptors (Lipinski definition) is 5. The first kappa shape index (κ1) is 17.6. The van der Waals surface area contributed by atoms with Gasteiger partial charge >= 0.3 is 0 Å². The Kier molecular flexibility index (Phi) is 5.18. The smallest absolute Gasteiger partial charge is 0.161 e. The number of aryl methyl sites for hydroxylation is 2. The van der Waals surface area contributed by atoms with Gasteiger partial charge < -0.3 is 20.1 Å². The highest BCUT2D eigenvalue weighted by Gasteiger charge is 2.20. The quantitative estimate of drug-likeness (QED) is 0.844. The molecule has 1 aliphatic rings. The number of fused-ring (bicyclic) bond motifs is 1. The molecular formula is C19H28N4O2. The number of methoxy groups -OCH3 is 2. The molecule has 1 aromatic heterocycles. The number of nitrogens with one attached hydrogen (secondary N) is 2. The highest BCUT2D eigenvalue weighted by atomic mass is 16.5. The first-order chi connectivity index (χ1) is 12.0. The summed E-state index contributed by atoms with van der Waals surface area (Å²) in [5.74, 6) is 3.17. The van der Waals surface area contributed by atoms with Crippen LogP contribution in [-0.4, -0.2) is 37.1 Å². The second-order valence-corrected chi connectivity index (χ2v) is 6.79. The highest BCUT2D eigenvalue weighted by Crippen LogP contribution is 2.33. The van der Waals surface area contributed by atoms with Crippen molar-refractivity contribution in [1.29, 1.82) is 0 Å². The number of benzene rings is 1. The van der Waals surface area contributed by atoms with E-state index in [0.29, 0.717) is 5.92 Å². The average Bonchev–Trinajstić information content (AvgIpc) is 2.98. The second kappa shape index (κ2) is 7.35. The third-order valence-electron chi connectivity index (χ3n) is 4.86. The van der Waals surface area contributed by atoms with Gasteiger partial charge in [-0.2, -0.15) is 5.10 Å². The van der Waals surface area contributed by atoms with Crippen LogP contribution in [0.1, 0.15) is 29.8 Å². The Morgan fingerprint density at radius 1 is 1.24 bits per heavy atom. The first-order valence-electron chi connectivity index (χ1n) is 8.76. The van der Waals surface area contributed by atoms with Gasteiger partial charge in [0.1, 0.15) is 5.82 Å². The fraction of sp³-hybridized carbons (Fsp3) is 0.526. The molecule has 1 aromatic carbocycles. The molecule has 0 amide bonds. The van der Waals surface area contributed by atoms with Crippen LogP contribution in [0, 0.1) is 19.8 Å². The molecular weight excluding hydrogens is 316 g/mol. The van der Waals surface area contributed by atoms with E-state index in [1.807, 2.05) is 13.0 Å². The number of anilines is 1. The van der Waals surface area contributed by atoms with Gasteiger partial charge in [0.05, 0.1) is 19.9 Å². The molecule has 0 bridgehead atoms. The van der Waals surface area contributed by atoms with Crippen LogP contribution in [0.4, 0.5) is 5.82 Å². The topological polar surface area (TPSA) is 60.3 Å². The molecule has 25 heavy (non-hydrogen) atoms. The van der Waals surface area contributed by atoms with Crippen molar-refractivity contribution in [3.05, 3.63) is 35.0 Å². The van der Waals surface area contributed by atoms with Gasteiger partial charge in [0.25, 0.3) is 0 Å². The number of hydrogen-bond donors (Lipinski definition) is 2. The number of nitrogens with zero attached hydrogens (tertiary/aromatic N) is 2. The third-order valence-corrected chi connectivity index (χ3v) is 4.86. The van der Waals surface area contributed by atoms with Gasteiger partial charge in [-0.05, 0) is 44.0 Å². The molecule has 0 aliphatic carbocycles. The van der Waals surface area contributed by atoms with Crippen LogP contribution in [0.25, 0.3) is 0 Å². The van der Waals surface area contributed by atoms with Crippen molar-refractivity contribution in [2.75, 3.05) is 32.6 Å². The average molecular weight is 344 g/mol. The van der Waals surface area contributed by atoms with Gasteiger partial charge in [0.2, 0.25) is 0 Å². The Bertz CT molecular complexity index is 741. The van der Waals surface area contributed by atoms with Crippen LogP contribution >= 0.6 is 0 Å².